The van der Waals surface area contributed by atoms with Crippen LogP contribution in [0, 0.1) is 0 Å². The van der Waals surface area contributed by atoms with Gasteiger partial charge in [-0.25, -0.2) is 19.2 Å². The van der Waals surface area contributed by atoms with Crippen molar-refractivity contribution in [3.05, 3.63) is 144 Å². The molecule has 4 aromatic carbocycles. The molecule has 5 rings (SSSR count). The zero-order valence-corrected chi connectivity index (χ0v) is 23.1. The van der Waals surface area contributed by atoms with Gasteiger partial charge < -0.3 is 23.7 Å². The van der Waals surface area contributed by atoms with Crippen LogP contribution in [0.2, 0.25) is 0 Å². The van der Waals surface area contributed by atoms with Gasteiger partial charge in [-0.05, 0) is 55.5 Å². The quantitative estimate of drug-likeness (QED) is 0.203. The van der Waals surface area contributed by atoms with Crippen LogP contribution in [-0.4, -0.2) is 54.6 Å². The fraction of sp³-hybridized carbons (Fsp3) is 0.176. The Morgan fingerprint density at radius 2 is 0.744 bits per heavy atom. The molecule has 9 nitrogen and oxygen atoms in total. The first-order valence-corrected chi connectivity index (χ1v) is 13.6. The lowest BCUT2D eigenvalue weighted by molar-refractivity contribution is -0.274. The van der Waals surface area contributed by atoms with Gasteiger partial charge in [0.25, 0.3) is 0 Å². The van der Waals surface area contributed by atoms with Crippen LogP contribution in [0.1, 0.15) is 48.4 Å². The maximum atomic E-state index is 13.3. The van der Waals surface area contributed by atoms with Crippen LogP contribution in [0.4, 0.5) is 0 Å². The molecule has 43 heavy (non-hydrogen) atoms. The summed E-state index contributed by atoms with van der Waals surface area (Å²) in [6.07, 6.45) is -6.67. The highest BCUT2D eigenvalue weighted by Crippen LogP contribution is 2.31. The van der Waals surface area contributed by atoms with Gasteiger partial charge in [0.1, 0.15) is 0 Å². The lowest BCUT2D eigenvalue weighted by Gasteiger charge is -2.43. The Hall–Kier alpha value is -5.28. The van der Waals surface area contributed by atoms with Gasteiger partial charge >= 0.3 is 23.9 Å². The molecule has 0 aliphatic carbocycles. The number of ether oxygens (including phenoxy) is 5. The Balaban J connectivity index is 1.51. The third kappa shape index (κ3) is 7.14. The third-order valence-corrected chi connectivity index (χ3v) is 6.72. The van der Waals surface area contributed by atoms with E-state index >= 15 is 0 Å². The van der Waals surface area contributed by atoms with Crippen LogP contribution >= 0.6 is 0 Å². The summed E-state index contributed by atoms with van der Waals surface area (Å²) in [5.74, 6) is -3.03. The van der Waals surface area contributed by atoms with E-state index in [0.717, 1.165) is 0 Å². The summed E-state index contributed by atoms with van der Waals surface area (Å²) in [6, 6.07) is 32.7. The normalized spacial score (nSPS) is 21.2. The molecular formula is C34H28O9. The summed E-state index contributed by atoms with van der Waals surface area (Å²) in [5, 5.41) is 0. The lowest BCUT2D eigenvalue weighted by Crippen LogP contribution is -2.61. The second-order valence-electron chi connectivity index (χ2n) is 9.69. The summed E-state index contributed by atoms with van der Waals surface area (Å²) in [5.41, 5.74) is 0.876. The number of esters is 4. The van der Waals surface area contributed by atoms with E-state index in [1.165, 1.54) is 12.1 Å². The van der Waals surface area contributed by atoms with E-state index in [0.29, 0.717) is 0 Å². The standard InChI is InChI=1S/C34H28O9/c1-22-27(40-30(35)23-14-6-2-7-15-23)28(41-31(36)24-16-8-3-9-17-24)29(42-32(37)25-18-10-4-11-19-25)34(39-22)43-33(38)26-20-12-5-13-21-26/h2-22,27-29,34H,1H3/t22-,27-,28?,29-,34?/m0/s1. The fourth-order valence-electron chi connectivity index (χ4n) is 4.54. The van der Waals surface area contributed by atoms with Crippen LogP contribution in [-0.2, 0) is 23.7 Å². The molecule has 1 saturated heterocycles. The first kappa shape index (κ1) is 29.2. The summed E-state index contributed by atoms with van der Waals surface area (Å²) in [6.45, 7) is 1.57. The minimum Gasteiger partial charge on any atom is -0.452 e. The summed E-state index contributed by atoms with van der Waals surface area (Å²) in [7, 11) is 0. The van der Waals surface area contributed by atoms with Gasteiger partial charge in [-0.1, -0.05) is 72.8 Å². The molecule has 0 aromatic heterocycles. The second kappa shape index (κ2) is 13.6. The van der Waals surface area contributed by atoms with E-state index in [2.05, 4.69) is 0 Å². The van der Waals surface area contributed by atoms with Crippen molar-refractivity contribution in [3.63, 3.8) is 0 Å². The van der Waals surface area contributed by atoms with Gasteiger partial charge in [-0.3, -0.25) is 0 Å². The van der Waals surface area contributed by atoms with Crippen molar-refractivity contribution in [1.82, 2.24) is 0 Å². The van der Waals surface area contributed by atoms with Crippen molar-refractivity contribution >= 4 is 23.9 Å². The molecule has 0 radical (unpaired) electrons. The van der Waals surface area contributed by atoms with Crippen molar-refractivity contribution < 1.29 is 42.9 Å². The Morgan fingerprint density at radius 1 is 0.442 bits per heavy atom. The lowest BCUT2D eigenvalue weighted by atomic mass is 9.98. The van der Waals surface area contributed by atoms with E-state index < -0.39 is 54.6 Å². The third-order valence-electron chi connectivity index (χ3n) is 6.72. The zero-order valence-electron chi connectivity index (χ0n) is 23.1. The second-order valence-corrected chi connectivity index (χ2v) is 9.69. The Morgan fingerprint density at radius 3 is 1.12 bits per heavy atom. The van der Waals surface area contributed by atoms with Crippen molar-refractivity contribution in [2.45, 2.75) is 37.6 Å². The molecule has 2 unspecified atom stereocenters. The van der Waals surface area contributed by atoms with Crippen LogP contribution in [0.5, 0.6) is 0 Å². The molecule has 5 atom stereocenters. The van der Waals surface area contributed by atoms with E-state index in [1.54, 1.807) is 116 Å². The van der Waals surface area contributed by atoms with Crippen molar-refractivity contribution in [3.8, 4) is 0 Å². The Kier molecular flexibility index (Phi) is 9.23. The van der Waals surface area contributed by atoms with Crippen LogP contribution in [0.15, 0.2) is 121 Å². The van der Waals surface area contributed by atoms with E-state index in [1.807, 2.05) is 0 Å². The minimum atomic E-state index is -1.52. The topological polar surface area (TPSA) is 114 Å². The van der Waals surface area contributed by atoms with E-state index in [4.69, 9.17) is 23.7 Å². The first-order valence-electron chi connectivity index (χ1n) is 13.6. The molecule has 1 aliphatic rings. The summed E-state index contributed by atoms with van der Waals surface area (Å²) < 4.78 is 29.2. The van der Waals surface area contributed by atoms with Crippen molar-refractivity contribution in [2.75, 3.05) is 0 Å². The molecular weight excluding hydrogens is 552 g/mol. The van der Waals surface area contributed by atoms with Gasteiger partial charge in [-0.15, -0.1) is 0 Å². The highest BCUT2D eigenvalue weighted by Gasteiger charge is 2.53. The molecule has 1 fully saturated rings. The molecule has 4 aromatic rings. The van der Waals surface area contributed by atoms with E-state index in [9.17, 15) is 19.2 Å². The number of carbonyl (C=O) groups excluding carboxylic acids is 4. The maximum absolute atomic E-state index is 13.3. The van der Waals surface area contributed by atoms with Gasteiger partial charge in [-0.2, -0.15) is 0 Å². The zero-order chi connectivity index (χ0) is 30.2. The molecule has 218 valence electrons. The highest BCUT2D eigenvalue weighted by atomic mass is 16.7. The number of carbonyl (C=O) groups is 4. The van der Waals surface area contributed by atoms with Crippen LogP contribution in [0.25, 0.3) is 0 Å². The van der Waals surface area contributed by atoms with Gasteiger partial charge in [0, 0.05) is 0 Å². The average Bonchev–Trinajstić information content (AvgIpc) is 3.05. The first-order chi connectivity index (χ1) is 20.9. The smallest absolute Gasteiger partial charge is 0.340 e. The number of benzene rings is 4. The fourth-order valence-corrected chi connectivity index (χ4v) is 4.54. The molecule has 9 heteroatoms. The van der Waals surface area contributed by atoms with Gasteiger partial charge in [0.2, 0.25) is 12.4 Å². The number of rotatable bonds is 8. The molecule has 1 heterocycles. The molecule has 0 saturated carbocycles. The molecule has 0 bridgehead atoms. The van der Waals surface area contributed by atoms with Crippen molar-refractivity contribution in [1.29, 1.82) is 0 Å². The van der Waals surface area contributed by atoms with Crippen LogP contribution < -0.4 is 0 Å². The van der Waals surface area contributed by atoms with Gasteiger partial charge in [0.05, 0.1) is 28.4 Å². The number of hydrogen-bond donors (Lipinski definition) is 0. The highest BCUT2D eigenvalue weighted by molar-refractivity contribution is 5.92. The largest absolute Gasteiger partial charge is 0.452 e. The predicted octanol–water partition coefficient (Wildman–Crippen LogP) is 5.27. The van der Waals surface area contributed by atoms with E-state index in [-0.39, 0.29) is 22.3 Å². The van der Waals surface area contributed by atoms with Crippen LogP contribution in [0.3, 0.4) is 0 Å². The predicted molar refractivity (Wildman–Crippen MR) is 153 cm³/mol. The maximum Gasteiger partial charge on any atom is 0.340 e. The molecule has 1 aliphatic heterocycles. The summed E-state index contributed by atoms with van der Waals surface area (Å²) >= 11 is 0. The summed E-state index contributed by atoms with van der Waals surface area (Å²) in [4.78, 5) is 52.8. The monoisotopic (exact) mass is 580 g/mol. The van der Waals surface area contributed by atoms with Crippen molar-refractivity contribution in [2.24, 2.45) is 0 Å². The SMILES string of the molecule is C[C@@H]1OC(OC(=O)c2ccccc2)[C@@H](OC(=O)c2ccccc2)C(OC(=O)c2ccccc2)[C@H]1OC(=O)c1ccccc1. The minimum absolute atomic E-state index is 0.195. The molecule has 0 N–H and O–H groups in total. The Labute approximate surface area is 247 Å². The number of hydrogen-bond acceptors (Lipinski definition) is 9. The van der Waals surface area contributed by atoms with Gasteiger partial charge in [0.15, 0.2) is 12.2 Å². The molecule has 0 spiro atoms. The Bertz CT molecular complexity index is 1540. The average molecular weight is 581 g/mol. The molecule has 0 amide bonds.